The molecular formula is C23H29ClN4O4S. The van der Waals surface area contributed by atoms with Gasteiger partial charge >= 0.3 is 0 Å². The minimum absolute atomic E-state index is 0.0112. The van der Waals surface area contributed by atoms with Gasteiger partial charge in [0.15, 0.2) is 5.65 Å². The molecule has 0 bridgehead atoms. The lowest BCUT2D eigenvalue weighted by atomic mass is 10.2. The Balaban J connectivity index is 1.84. The number of carbonyl (C=O) groups is 1. The van der Waals surface area contributed by atoms with Crippen molar-refractivity contribution in [2.75, 3.05) is 12.4 Å². The van der Waals surface area contributed by atoms with Crippen molar-refractivity contribution in [3.05, 3.63) is 52.4 Å². The number of amides is 1. The second-order valence-corrected chi connectivity index (χ2v) is 10.1. The predicted molar refractivity (Wildman–Crippen MR) is 129 cm³/mol. The maximum Gasteiger partial charge on any atom is 0.283 e. The molecule has 0 aliphatic carbocycles. The Kier molecular flexibility index (Phi) is 8.31. The quantitative estimate of drug-likeness (QED) is 0.396. The van der Waals surface area contributed by atoms with Crippen LogP contribution >= 0.6 is 11.6 Å². The van der Waals surface area contributed by atoms with Crippen LogP contribution in [0.1, 0.15) is 61.4 Å². The van der Waals surface area contributed by atoms with Crippen molar-refractivity contribution in [3.63, 3.8) is 0 Å². The Morgan fingerprint density at radius 1 is 1.12 bits per heavy atom. The molecule has 178 valence electrons. The highest BCUT2D eigenvalue weighted by Crippen LogP contribution is 2.25. The van der Waals surface area contributed by atoms with E-state index in [1.807, 2.05) is 37.5 Å². The molecule has 3 rings (SSSR count). The van der Waals surface area contributed by atoms with Gasteiger partial charge in [-0.1, -0.05) is 44.4 Å². The number of rotatable bonds is 11. The number of benzene rings is 1. The molecule has 0 aliphatic rings. The van der Waals surface area contributed by atoms with E-state index in [0.717, 1.165) is 24.8 Å². The Hall–Kier alpha value is -2.65. The van der Waals surface area contributed by atoms with Gasteiger partial charge in [0.1, 0.15) is 22.8 Å². The summed E-state index contributed by atoms with van der Waals surface area (Å²) in [6, 6.07) is 8.66. The van der Waals surface area contributed by atoms with Crippen molar-refractivity contribution in [3.8, 4) is 5.75 Å². The van der Waals surface area contributed by atoms with E-state index in [1.54, 1.807) is 12.1 Å². The molecule has 0 fully saturated rings. The number of aromatic nitrogens is 3. The highest BCUT2D eigenvalue weighted by Gasteiger charge is 2.19. The zero-order valence-corrected chi connectivity index (χ0v) is 20.7. The summed E-state index contributed by atoms with van der Waals surface area (Å²) >= 11 is 6.47. The van der Waals surface area contributed by atoms with Gasteiger partial charge in [0.2, 0.25) is 10.0 Å². The molecule has 0 unspecified atom stereocenters. The average Bonchev–Trinajstić information content (AvgIpc) is 3.08. The average molecular weight is 493 g/mol. The zero-order valence-electron chi connectivity index (χ0n) is 19.1. The number of ether oxygens (including phenoxy) is 1. The summed E-state index contributed by atoms with van der Waals surface area (Å²) in [5.74, 6) is 0.552. The van der Waals surface area contributed by atoms with Gasteiger partial charge in [-0.3, -0.25) is 4.79 Å². The smallest absolute Gasteiger partial charge is 0.283 e. The van der Waals surface area contributed by atoms with E-state index in [2.05, 4.69) is 14.7 Å². The first-order valence-electron chi connectivity index (χ1n) is 11.0. The number of imidazole rings is 1. The highest BCUT2D eigenvalue weighted by atomic mass is 35.5. The standard InChI is InChI=1S/C23H29ClN4O4S/c1-4-6-7-13-33(30,31)27-23(29)21-11-10-20-22(26-21)28(16(3)25-20)15-17-8-9-18(14-19(17)24)32-12-5-2/h8-11,14H,4-7,12-13,15H2,1-3H3,(H,27,29). The number of pyridine rings is 1. The summed E-state index contributed by atoms with van der Waals surface area (Å²) in [5.41, 5.74) is 1.94. The molecule has 1 amide bonds. The lowest BCUT2D eigenvalue weighted by Crippen LogP contribution is -2.33. The molecule has 0 saturated carbocycles. The number of aryl methyl sites for hydroxylation is 1. The summed E-state index contributed by atoms with van der Waals surface area (Å²) in [5, 5.41) is 0.553. The molecule has 33 heavy (non-hydrogen) atoms. The molecule has 0 spiro atoms. The maximum atomic E-state index is 12.6. The number of fused-ring (bicyclic) bond motifs is 1. The fourth-order valence-electron chi connectivity index (χ4n) is 3.35. The van der Waals surface area contributed by atoms with Crippen molar-refractivity contribution >= 4 is 38.7 Å². The van der Waals surface area contributed by atoms with Gasteiger partial charge in [-0.25, -0.2) is 23.1 Å². The predicted octanol–water partition coefficient (Wildman–Crippen LogP) is 4.48. The second-order valence-electron chi connectivity index (χ2n) is 7.84. The Morgan fingerprint density at radius 2 is 1.91 bits per heavy atom. The van der Waals surface area contributed by atoms with Crippen LogP contribution in [0.25, 0.3) is 11.2 Å². The number of unbranched alkanes of at least 4 members (excludes halogenated alkanes) is 2. The van der Waals surface area contributed by atoms with Gasteiger partial charge < -0.3 is 9.30 Å². The summed E-state index contributed by atoms with van der Waals surface area (Å²) in [7, 11) is -3.72. The third-order valence-electron chi connectivity index (χ3n) is 5.11. The summed E-state index contributed by atoms with van der Waals surface area (Å²) in [4.78, 5) is 21.5. The molecule has 0 atom stereocenters. The van der Waals surface area contributed by atoms with Crippen molar-refractivity contribution in [2.24, 2.45) is 0 Å². The Bertz CT molecular complexity index is 1240. The van der Waals surface area contributed by atoms with Crippen LogP contribution in [0.3, 0.4) is 0 Å². The summed E-state index contributed by atoms with van der Waals surface area (Å²) < 4.78 is 34.0. The molecular weight excluding hydrogens is 464 g/mol. The lowest BCUT2D eigenvalue weighted by Gasteiger charge is -2.11. The van der Waals surface area contributed by atoms with Gasteiger partial charge in [-0.2, -0.15) is 0 Å². The molecule has 1 aromatic carbocycles. The van der Waals surface area contributed by atoms with Gasteiger partial charge in [0, 0.05) is 5.02 Å². The third-order valence-corrected chi connectivity index (χ3v) is 6.78. The second kappa shape index (κ2) is 11.0. The van der Waals surface area contributed by atoms with Crippen molar-refractivity contribution in [1.82, 2.24) is 19.3 Å². The van der Waals surface area contributed by atoms with Gasteiger partial charge in [0.05, 0.1) is 18.9 Å². The molecule has 0 radical (unpaired) electrons. The normalized spacial score (nSPS) is 11.6. The number of halogens is 1. The molecule has 0 saturated heterocycles. The minimum Gasteiger partial charge on any atom is -0.494 e. The highest BCUT2D eigenvalue weighted by molar-refractivity contribution is 7.90. The molecule has 3 aromatic rings. The maximum absolute atomic E-state index is 12.6. The number of nitrogens with zero attached hydrogens (tertiary/aromatic N) is 3. The molecule has 0 aliphatic heterocycles. The minimum atomic E-state index is -3.72. The fraction of sp³-hybridized carbons (Fsp3) is 0.435. The number of carbonyl (C=O) groups excluding carboxylic acids is 1. The van der Waals surface area contributed by atoms with Crippen LogP contribution in [0.2, 0.25) is 5.02 Å². The van der Waals surface area contributed by atoms with E-state index >= 15 is 0 Å². The molecule has 1 N–H and O–H groups in total. The Morgan fingerprint density at radius 3 is 2.61 bits per heavy atom. The van der Waals surface area contributed by atoms with Crippen LogP contribution in [-0.4, -0.2) is 41.2 Å². The van der Waals surface area contributed by atoms with E-state index in [9.17, 15) is 13.2 Å². The SMILES string of the molecule is CCCCCS(=O)(=O)NC(=O)c1ccc2nc(C)n(Cc3ccc(OCCC)cc3Cl)c2n1. The first kappa shape index (κ1) is 25.0. The van der Waals surface area contributed by atoms with E-state index < -0.39 is 15.9 Å². The first-order chi connectivity index (χ1) is 15.7. The molecule has 10 heteroatoms. The number of sulfonamides is 1. The monoisotopic (exact) mass is 492 g/mol. The first-order valence-corrected chi connectivity index (χ1v) is 13.1. The molecule has 8 nitrogen and oxygen atoms in total. The van der Waals surface area contributed by atoms with Crippen LogP contribution in [-0.2, 0) is 16.6 Å². The van der Waals surface area contributed by atoms with Crippen LogP contribution in [0.4, 0.5) is 0 Å². The van der Waals surface area contributed by atoms with Gasteiger partial charge in [-0.05, 0) is 49.6 Å². The van der Waals surface area contributed by atoms with E-state index in [0.29, 0.717) is 47.3 Å². The summed E-state index contributed by atoms with van der Waals surface area (Å²) in [6.07, 6.45) is 3.08. The van der Waals surface area contributed by atoms with Gasteiger partial charge in [0.25, 0.3) is 5.91 Å². The van der Waals surface area contributed by atoms with Crippen molar-refractivity contribution in [1.29, 1.82) is 0 Å². The number of nitrogens with one attached hydrogen (secondary N) is 1. The third kappa shape index (κ3) is 6.45. The lowest BCUT2D eigenvalue weighted by molar-refractivity contribution is 0.0977. The van der Waals surface area contributed by atoms with E-state index in [4.69, 9.17) is 16.3 Å². The van der Waals surface area contributed by atoms with Crippen molar-refractivity contribution < 1.29 is 17.9 Å². The van der Waals surface area contributed by atoms with Crippen LogP contribution in [0.5, 0.6) is 5.75 Å². The fourth-order valence-corrected chi connectivity index (χ4v) is 4.66. The largest absolute Gasteiger partial charge is 0.494 e. The summed E-state index contributed by atoms with van der Waals surface area (Å²) in [6.45, 7) is 6.86. The molecule has 2 heterocycles. The zero-order chi connectivity index (χ0) is 24.0. The van der Waals surface area contributed by atoms with E-state index in [-0.39, 0.29) is 11.4 Å². The van der Waals surface area contributed by atoms with Crippen molar-refractivity contribution in [2.45, 2.75) is 53.0 Å². The number of hydrogen-bond acceptors (Lipinski definition) is 6. The topological polar surface area (TPSA) is 103 Å². The van der Waals surface area contributed by atoms with Gasteiger partial charge in [-0.15, -0.1) is 0 Å². The van der Waals surface area contributed by atoms with Crippen LogP contribution in [0, 0.1) is 6.92 Å². The Labute approximate surface area is 199 Å². The molecule has 2 aromatic heterocycles. The van der Waals surface area contributed by atoms with Crippen LogP contribution < -0.4 is 9.46 Å². The van der Waals surface area contributed by atoms with Crippen LogP contribution in [0.15, 0.2) is 30.3 Å². The van der Waals surface area contributed by atoms with E-state index in [1.165, 1.54) is 6.07 Å². The number of hydrogen-bond donors (Lipinski definition) is 1.